The van der Waals surface area contributed by atoms with Gasteiger partial charge in [-0.05, 0) is 42.9 Å². The lowest BCUT2D eigenvalue weighted by Gasteiger charge is -2.28. The van der Waals surface area contributed by atoms with Crippen LogP contribution in [0.25, 0.3) is 0 Å². The highest BCUT2D eigenvalue weighted by Crippen LogP contribution is 2.31. The fourth-order valence-electron chi connectivity index (χ4n) is 4.31. The minimum absolute atomic E-state index is 0.197. The maximum atomic E-state index is 13.2. The van der Waals surface area contributed by atoms with Gasteiger partial charge in [0.05, 0.1) is 23.9 Å². The van der Waals surface area contributed by atoms with Crippen molar-refractivity contribution in [3.05, 3.63) is 51.0 Å². The van der Waals surface area contributed by atoms with E-state index in [0.29, 0.717) is 6.61 Å². The number of carbonyl (C=O) groups is 1. The first-order valence-corrected chi connectivity index (χ1v) is 11.1. The Bertz CT molecular complexity index is 818. The third-order valence-corrected chi connectivity index (χ3v) is 6.95. The molecular weight excluding hydrogens is 370 g/mol. The van der Waals surface area contributed by atoms with E-state index in [0.717, 1.165) is 63.1 Å². The van der Waals surface area contributed by atoms with Crippen molar-refractivity contribution in [3.8, 4) is 0 Å². The Kier molecular flexibility index (Phi) is 6.09. The molecule has 150 valence electrons. The van der Waals surface area contributed by atoms with Crippen LogP contribution in [0, 0.1) is 0 Å². The minimum atomic E-state index is 0.197. The van der Waals surface area contributed by atoms with Crippen LogP contribution in [0.15, 0.2) is 23.7 Å². The molecule has 0 N–H and O–H groups in total. The molecule has 2 aliphatic heterocycles. The summed E-state index contributed by atoms with van der Waals surface area (Å²) in [6.07, 6.45) is 6.07. The molecule has 6 heteroatoms. The number of rotatable bonds is 6. The number of ether oxygens (including phenoxy) is 1. The second-order valence-electron chi connectivity index (χ2n) is 7.77. The van der Waals surface area contributed by atoms with Crippen molar-refractivity contribution < 1.29 is 9.53 Å². The Labute approximate surface area is 171 Å². The van der Waals surface area contributed by atoms with Gasteiger partial charge in [0.15, 0.2) is 0 Å². The molecule has 1 atom stereocenters. The maximum absolute atomic E-state index is 13.2. The smallest absolute Gasteiger partial charge is 0.255 e. The zero-order chi connectivity index (χ0) is 19.5. The first kappa shape index (κ1) is 19.6. The first-order chi connectivity index (χ1) is 13.7. The normalized spacial score (nSPS) is 19.8. The van der Waals surface area contributed by atoms with Crippen LogP contribution < -0.4 is 0 Å². The van der Waals surface area contributed by atoms with E-state index in [-0.39, 0.29) is 11.9 Å². The predicted molar refractivity (Wildman–Crippen MR) is 112 cm³/mol. The van der Waals surface area contributed by atoms with Gasteiger partial charge in [-0.3, -0.25) is 14.7 Å². The minimum Gasteiger partial charge on any atom is -0.383 e. The number of fused-ring (bicyclic) bond motifs is 1. The number of methoxy groups -OCH3 is 1. The number of hydrogen-bond donors (Lipinski definition) is 0. The third kappa shape index (κ3) is 4.00. The van der Waals surface area contributed by atoms with Crippen LogP contribution in [0.3, 0.4) is 0 Å². The Balaban J connectivity index is 1.43. The number of nitrogens with zero attached hydrogens (tertiary/aromatic N) is 3. The van der Waals surface area contributed by atoms with Crippen LogP contribution in [0.5, 0.6) is 0 Å². The lowest BCUT2D eigenvalue weighted by molar-refractivity contribution is 0.0629. The lowest BCUT2D eigenvalue weighted by atomic mass is 10.0. The number of aryl methyl sites for hydroxylation is 1. The van der Waals surface area contributed by atoms with E-state index in [9.17, 15) is 4.79 Å². The number of aromatic nitrogens is 1. The van der Waals surface area contributed by atoms with Gasteiger partial charge in [-0.25, -0.2) is 0 Å². The summed E-state index contributed by atoms with van der Waals surface area (Å²) >= 11 is 1.73. The highest BCUT2D eigenvalue weighted by molar-refractivity contribution is 7.10. The Morgan fingerprint density at radius 3 is 3.00 bits per heavy atom. The van der Waals surface area contributed by atoms with Crippen LogP contribution in [-0.2, 0) is 30.7 Å². The van der Waals surface area contributed by atoms with Crippen molar-refractivity contribution in [1.29, 1.82) is 0 Å². The summed E-state index contributed by atoms with van der Waals surface area (Å²) in [5.74, 6) is 0.197. The fraction of sp³-hybridized carbons (Fsp3) is 0.545. The van der Waals surface area contributed by atoms with Crippen molar-refractivity contribution in [1.82, 2.24) is 14.8 Å². The van der Waals surface area contributed by atoms with E-state index >= 15 is 0 Å². The number of hydrogen-bond acceptors (Lipinski definition) is 5. The van der Waals surface area contributed by atoms with E-state index in [4.69, 9.17) is 4.74 Å². The average molecular weight is 400 g/mol. The zero-order valence-electron chi connectivity index (χ0n) is 16.8. The molecule has 1 amide bonds. The summed E-state index contributed by atoms with van der Waals surface area (Å²) in [7, 11) is 1.71. The topological polar surface area (TPSA) is 45.7 Å². The Hall–Kier alpha value is -1.76. The Morgan fingerprint density at radius 2 is 2.25 bits per heavy atom. The van der Waals surface area contributed by atoms with Crippen molar-refractivity contribution >= 4 is 17.2 Å². The standard InChI is InChI=1S/C22H29N3O2S/c1-3-16-6-7-17(23-11-16)12-24-10-8-19-20(15-28-21(19)13-24)22(26)25-9-4-5-18(25)14-27-2/h6-7,11,15,18H,3-5,8-10,12-14H2,1-2H3/t18-/m0/s1. The molecule has 5 nitrogen and oxygen atoms in total. The molecule has 2 aliphatic rings. The lowest BCUT2D eigenvalue weighted by Crippen LogP contribution is -2.39. The van der Waals surface area contributed by atoms with Gasteiger partial charge in [-0.15, -0.1) is 11.3 Å². The SMILES string of the molecule is CCc1ccc(CN2CCc3c(C(=O)N4CCC[C@H]4COC)csc3C2)nc1. The fourth-order valence-corrected chi connectivity index (χ4v) is 5.42. The van der Waals surface area contributed by atoms with E-state index in [1.807, 2.05) is 11.1 Å². The van der Waals surface area contributed by atoms with Crippen molar-refractivity contribution in [2.75, 3.05) is 26.8 Å². The Morgan fingerprint density at radius 1 is 1.36 bits per heavy atom. The van der Waals surface area contributed by atoms with Crippen LogP contribution in [0.1, 0.15) is 51.8 Å². The zero-order valence-corrected chi connectivity index (χ0v) is 17.6. The van der Waals surface area contributed by atoms with E-state index in [1.165, 1.54) is 16.0 Å². The van der Waals surface area contributed by atoms with Gasteiger partial charge >= 0.3 is 0 Å². The molecule has 2 aromatic heterocycles. The highest BCUT2D eigenvalue weighted by atomic mass is 32.1. The molecule has 4 heterocycles. The second kappa shape index (κ2) is 8.72. The predicted octanol–water partition coefficient (Wildman–Crippen LogP) is 3.51. The summed E-state index contributed by atoms with van der Waals surface area (Å²) in [5.41, 5.74) is 4.59. The van der Waals surface area contributed by atoms with Crippen molar-refractivity contribution in [3.63, 3.8) is 0 Å². The van der Waals surface area contributed by atoms with Crippen LogP contribution in [0.2, 0.25) is 0 Å². The van der Waals surface area contributed by atoms with E-state index < -0.39 is 0 Å². The molecule has 4 rings (SSSR count). The van der Waals surface area contributed by atoms with E-state index in [1.54, 1.807) is 18.4 Å². The molecule has 0 bridgehead atoms. The van der Waals surface area contributed by atoms with Crippen LogP contribution in [0.4, 0.5) is 0 Å². The number of amides is 1. The summed E-state index contributed by atoms with van der Waals surface area (Å²) in [6, 6.07) is 4.54. The molecule has 0 saturated carbocycles. The van der Waals surface area contributed by atoms with Gasteiger partial charge in [0.2, 0.25) is 0 Å². The monoisotopic (exact) mass is 399 g/mol. The van der Waals surface area contributed by atoms with Gasteiger partial charge in [0.1, 0.15) is 0 Å². The molecule has 0 unspecified atom stereocenters. The third-order valence-electron chi connectivity index (χ3n) is 5.93. The van der Waals surface area contributed by atoms with Crippen molar-refractivity contribution in [2.24, 2.45) is 0 Å². The summed E-state index contributed by atoms with van der Waals surface area (Å²) in [6.45, 7) is 6.39. The van der Waals surface area contributed by atoms with Crippen LogP contribution >= 0.6 is 11.3 Å². The second-order valence-corrected chi connectivity index (χ2v) is 8.74. The van der Waals surface area contributed by atoms with Gasteiger partial charge in [0.25, 0.3) is 5.91 Å². The molecule has 0 spiro atoms. The first-order valence-electron chi connectivity index (χ1n) is 10.2. The largest absolute Gasteiger partial charge is 0.383 e. The van der Waals surface area contributed by atoms with E-state index in [2.05, 4.69) is 34.3 Å². The molecule has 0 aromatic carbocycles. The molecule has 1 fully saturated rings. The average Bonchev–Trinajstić information content (AvgIpc) is 3.35. The molecule has 28 heavy (non-hydrogen) atoms. The van der Waals surface area contributed by atoms with Gasteiger partial charge < -0.3 is 9.64 Å². The number of carbonyl (C=O) groups excluding carboxylic acids is 1. The number of pyridine rings is 1. The van der Waals surface area contributed by atoms with Crippen molar-refractivity contribution in [2.45, 2.75) is 51.7 Å². The maximum Gasteiger partial charge on any atom is 0.255 e. The highest BCUT2D eigenvalue weighted by Gasteiger charge is 2.32. The van der Waals surface area contributed by atoms with Gasteiger partial charge in [0, 0.05) is 49.7 Å². The molecular formula is C22H29N3O2S. The summed E-state index contributed by atoms with van der Waals surface area (Å²) in [4.78, 5) is 23.5. The van der Waals surface area contributed by atoms with Gasteiger partial charge in [-0.2, -0.15) is 0 Å². The molecule has 1 saturated heterocycles. The van der Waals surface area contributed by atoms with Crippen LogP contribution in [-0.4, -0.2) is 53.5 Å². The molecule has 0 radical (unpaired) electrons. The quantitative estimate of drug-likeness (QED) is 0.746. The number of thiophene rings is 1. The molecule has 0 aliphatic carbocycles. The molecule has 2 aromatic rings. The van der Waals surface area contributed by atoms with Gasteiger partial charge in [-0.1, -0.05) is 13.0 Å². The number of likely N-dealkylation sites (tertiary alicyclic amines) is 1. The summed E-state index contributed by atoms with van der Waals surface area (Å²) in [5, 5.41) is 2.08. The summed E-state index contributed by atoms with van der Waals surface area (Å²) < 4.78 is 5.32.